The molecule has 2 aromatic heterocycles. The molecule has 1 aliphatic heterocycles. The average molecular weight is 386 g/mol. The fourth-order valence-corrected chi connectivity index (χ4v) is 3.89. The van der Waals surface area contributed by atoms with Gasteiger partial charge >= 0.3 is 0 Å². The zero-order valence-electron chi connectivity index (χ0n) is 15.6. The van der Waals surface area contributed by atoms with E-state index in [0.29, 0.717) is 28.4 Å². The number of fused-ring (bicyclic) bond motifs is 1. The average Bonchev–Trinajstić information content (AvgIpc) is 3.13. The van der Waals surface area contributed by atoms with E-state index in [4.69, 9.17) is 11.6 Å². The third-order valence-electron chi connectivity index (χ3n) is 5.20. The van der Waals surface area contributed by atoms with Gasteiger partial charge in [0, 0.05) is 35.4 Å². The third kappa shape index (κ3) is 3.59. The number of nitrogens with zero attached hydrogens (tertiary/aromatic N) is 4. The van der Waals surface area contributed by atoms with Crippen LogP contribution < -0.4 is 5.32 Å². The number of phenolic OH excluding ortho intramolecular Hbond substituents is 1. The lowest BCUT2D eigenvalue weighted by Gasteiger charge is -2.35. The molecule has 142 valence electrons. The van der Waals surface area contributed by atoms with E-state index in [0.717, 1.165) is 31.0 Å². The first-order valence-corrected chi connectivity index (χ1v) is 9.74. The largest absolute Gasteiger partial charge is 0.507 e. The fraction of sp³-hybridized carbons (Fsp3) is 0.400. The minimum absolute atomic E-state index is 0.0977. The lowest BCUT2D eigenvalue weighted by atomic mass is 10.0. The molecule has 2 N–H and O–H groups in total. The summed E-state index contributed by atoms with van der Waals surface area (Å²) in [5.41, 5.74) is 2.14. The maximum atomic E-state index is 10.3. The number of aromatic nitrogens is 3. The summed E-state index contributed by atoms with van der Waals surface area (Å²) in [5.74, 6) is 0.822. The van der Waals surface area contributed by atoms with Crippen molar-refractivity contribution in [3.63, 3.8) is 0 Å². The maximum absolute atomic E-state index is 10.3. The molecule has 4 rings (SSSR count). The molecule has 0 spiro atoms. The van der Waals surface area contributed by atoms with Gasteiger partial charge in [-0.25, -0.2) is 0 Å². The number of hydrogen-bond donors (Lipinski definition) is 2. The number of anilines is 1. The van der Waals surface area contributed by atoms with Crippen molar-refractivity contribution < 1.29 is 5.11 Å². The molecule has 1 aliphatic rings. The molecule has 27 heavy (non-hydrogen) atoms. The first kappa shape index (κ1) is 18.1. The minimum Gasteiger partial charge on any atom is -0.507 e. The zero-order valence-corrected chi connectivity index (χ0v) is 16.3. The van der Waals surface area contributed by atoms with Gasteiger partial charge in [0.05, 0.1) is 5.52 Å². The van der Waals surface area contributed by atoms with Gasteiger partial charge in [0.2, 0.25) is 5.95 Å². The van der Waals surface area contributed by atoms with Crippen LogP contribution in [0, 0.1) is 0 Å². The quantitative estimate of drug-likeness (QED) is 0.709. The van der Waals surface area contributed by atoms with E-state index >= 15 is 0 Å². The van der Waals surface area contributed by atoms with Crippen LogP contribution in [0.1, 0.15) is 26.7 Å². The Balaban J connectivity index is 1.65. The lowest BCUT2D eigenvalue weighted by molar-refractivity contribution is 0.174. The normalized spacial score (nSPS) is 18.3. The Bertz CT molecular complexity index is 955. The molecular weight excluding hydrogens is 362 g/mol. The van der Waals surface area contributed by atoms with Crippen LogP contribution in [0.2, 0.25) is 5.02 Å². The van der Waals surface area contributed by atoms with Gasteiger partial charge in [-0.15, -0.1) is 10.2 Å². The highest BCUT2D eigenvalue weighted by molar-refractivity contribution is 6.30. The van der Waals surface area contributed by atoms with Gasteiger partial charge in [-0.3, -0.25) is 9.30 Å². The minimum atomic E-state index is 0.0977. The first-order chi connectivity index (χ1) is 13.0. The number of hydrogen-bond acceptors (Lipinski definition) is 5. The first-order valence-electron chi connectivity index (χ1n) is 9.36. The number of likely N-dealkylation sites (tertiary alicyclic amines) is 1. The molecule has 1 atom stereocenters. The molecule has 3 aromatic rings. The summed E-state index contributed by atoms with van der Waals surface area (Å²) < 4.78 is 1.99. The van der Waals surface area contributed by atoms with Crippen molar-refractivity contribution in [3.05, 3.63) is 41.6 Å². The van der Waals surface area contributed by atoms with Crippen LogP contribution in [0.5, 0.6) is 5.75 Å². The van der Waals surface area contributed by atoms with E-state index in [2.05, 4.69) is 34.3 Å². The van der Waals surface area contributed by atoms with Gasteiger partial charge in [-0.1, -0.05) is 11.6 Å². The van der Waals surface area contributed by atoms with E-state index < -0.39 is 0 Å². The van der Waals surface area contributed by atoms with Crippen LogP contribution in [0.15, 0.2) is 36.5 Å². The third-order valence-corrected chi connectivity index (χ3v) is 5.43. The zero-order chi connectivity index (χ0) is 19.0. The summed E-state index contributed by atoms with van der Waals surface area (Å²) in [5, 5.41) is 23.2. The van der Waals surface area contributed by atoms with Gasteiger partial charge in [0.15, 0.2) is 0 Å². The molecule has 3 heterocycles. The van der Waals surface area contributed by atoms with Crippen LogP contribution in [0.3, 0.4) is 0 Å². The molecule has 0 unspecified atom stereocenters. The van der Waals surface area contributed by atoms with Crippen LogP contribution >= 0.6 is 11.6 Å². The summed E-state index contributed by atoms with van der Waals surface area (Å²) in [4.78, 5) is 2.49. The summed E-state index contributed by atoms with van der Waals surface area (Å²) in [6.45, 7) is 6.62. The molecule has 0 aliphatic carbocycles. The highest BCUT2D eigenvalue weighted by atomic mass is 35.5. The van der Waals surface area contributed by atoms with Crippen LogP contribution in [0.4, 0.5) is 5.95 Å². The van der Waals surface area contributed by atoms with E-state index in [9.17, 15) is 5.11 Å². The molecule has 6 nitrogen and oxygen atoms in total. The fourth-order valence-electron chi connectivity index (χ4n) is 3.73. The molecular formula is C20H24ClN5O. The summed E-state index contributed by atoms with van der Waals surface area (Å²) >= 11 is 5.95. The Morgan fingerprint density at radius 3 is 2.89 bits per heavy atom. The number of aromatic hydroxyl groups is 1. The van der Waals surface area contributed by atoms with E-state index in [1.807, 2.05) is 22.7 Å². The van der Waals surface area contributed by atoms with E-state index in [1.165, 1.54) is 12.5 Å². The second-order valence-corrected chi connectivity index (χ2v) is 7.81. The van der Waals surface area contributed by atoms with Crippen molar-refractivity contribution in [1.82, 2.24) is 19.5 Å². The second kappa shape index (κ2) is 7.37. The molecule has 1 aromatic carbocycles. The standard InChI is InChI=1S/C20H24ClN5O/c1-13(2)25-9-3-5-15(12-25)22-20-24-23-19(17-6-4-10-26(17)20)16-8-7-14(21)11-18(16)27/h4,6-8,10-11,13,15,27H,3,5,9,12H2,1-2H3,(H,22,24)/t15-/m1/s1. The number of phenols is 1. The number of halogens is 1. The van der Waals surface area contributed by atoms with E-state index in [-0.39, 0.29) is 5.75 Å². The molecule has 1 saturated heterocycles. The monoisotopic (exact) mass is 385 g/mol. The Hall–Kier alpha value is -2.31. The summed E-state index contributed by atoms with van der Waals surface area (Å²) in [6.07, 6.45) is 4.26. The topological polar surface area (TPSA) is 65.7 Å². The number of piperidine rings is 1. The van der Waals surface area contributed by atoms with Crippen LogP contribution in [-0.2, 0) is 0 Å². The molecule has 7 heteroatoms. The Labute approximate surface area is 163 Å². The smallest absolute Gasteiger partial charge is 0.228 e. The van der Waals surface area contributed by atoms with Gasteiger partial charge in [-0.05, 0) is 63.6 Å². The van der Waals surface area contributed by atoms with Gasteiger partial charge < -0.3 is 10.4 Å². The molecule has 0 saturated carbocycles. The number of nitrogens with one attached hydrogen (secondary N) is 1. The van der Waals surface area contributed by atoms with Crippen molar-refractivity contribution in [2.24, 2.45) is 0 Å². The van der Waals surface area contributed by atoms with Crippen molar-refractivity contribution in [2.75, 3.05) is 18.4 Å². The highest BCUT2D eigenvalue weighted by Gasteiger charge is 2.23. The molecule has 0 bridgehead atoms. The van der Waals surface area contributed by atoms with Crippen molar-refractivity contribution in [3.8, 4) is 17.0 Å². The molecule has 1 fully saturated rings. The second-order valence-electron chi connectivity index (χ2n) is 7.37. The Morgan fingerprint density at radius 2 is 2.11 bits per heavy atom. The maximum Gasteiger partial charge on any atom is 0.228 e. The molecule has 0 radical (unpaired) electrons. The van der Waals surface area contributed by atoms with E-state index in [1.54, 1.807) is 12.1 Å². The SMILES string of the molecule is CC(C)N1CCC[C@@H](Nc2nnc(-c3ccc(Cl)cc3O)c3cccn23)C1. The molecule has 0 amide bonds. The van der Waals surface area contributed by atoms with Gasteiger partial charge in [-0.2, -0.15) is 0 Å². The van der Waals surface area contributed by atoms with Crippen molar-refractivity contribution in [2.45, 2.75) is 38.8 Å². The number of rotatable bonds is 4. The van der Waals surface area contributed by atoms with Crippen LogP contribution in [-0.4, -0.2) is 49.8 Å². The predicted molar refractivity (Wildman–Crippen MR) is 108 cm³/mol. The van der Waals surface area contributed by atoms with Gasteiger partial charge in [0.25, 0.3) is 0 Å². The van der Waals surface area contributed by atoms with Gasteiger partial charge in [0.1, 0.15) is 11.4 Å². The summed E-state index contributed by atoms with van der Waals surface area (Å²) in [6, 6.07) is 9.85. The Kier molecular flexibility index (Phi) is 4.93. The lowest BCUT2D eigenvalue weighted by Crippen LogP contribution is -2.45. The summed E-state index contributed by atoms with van der Waals surface area (Å²) in [7, 11) is 0. The number of benzene rings is 1. The van der Waals surface area contributed by atoms with Crippen molar-refractivity contribution in [1.29, 1.82) is 0 Å². The highest BCUT2D eigenvalue weighted by Crippen LogP contribution is 2.33. The van der Waals surface area contributed by atoms with Crippen LogP contribution in [0.25, 0.3) is 16.8 Å². The predicted octanol–water partition coefficient (Wildman–Crippen LogP) is 4.04. The van der Waals surface area contributed by atoms with Crippen molar-refractivity contribution >= 4 is 23.1 Å². The Morgan fingerprint density at radius 1 is 1.26 bits per heavy atom.